The molecule has 0 spiro atoms. The molecule has 3 N–H and O–H groups in total. The molecular weight excluding hydrogens is 577 g/mol. The Kier molecular flexibility index (Phi) is 9.66. The molecule has 3 aliphatic rings. The van der Waals surface area contributed by atoms with Crippen LogP contribution in [0, 0.1) is 34.8 Å². The zero-order valence-corrected chi connectivity index (χ0v) is 22.9. The number of aliphatic carboxylic acids is 1. The van der Waals surface area contributed by atoms with E-state index in [2.05, 4.69) is 11.0 Å². The Morgan fingerprint density at radius 1 is 0.953 bits per heavy atom. The van der Waals surface area contributed by atoms with Gasteiger partial charge in [0.15, 0.2) is 0 Å². The number of piperidine rings is 1. The van der Waals surface area contributed by atoms with E-state index in [-0.39, 0.29) is 41.8 Å². The molecule has 0 aromatic heterocycles. The number of carboxylic acids is 1. The first-order valence-corrected chi connectivity index (χ1v) is 13.6. The van der Waals surface area contributed by atoms with E-state index < -0.39 is 24.2 Å². The molecule has 4 atom stereocenters. The van der Waals surface area contributed by atoms with Crippen molar-refractivity contribution >= 4 is 17.8 Å². The maximum atomic E-state index is 13.6. The Balaban J connectivity index is 0.000000541. The van der Waals surface area contributed by atoms with Crippen molar-refractivity contribution in [1.82, 2.24) is 14.7 Å². The number of rotatable bonds is 6. The third-order valence-corrected chi connectivity index (χ3v) is 7.92. The van der Waals surface area contributed by atoms with Crippen molar-refractivity contribution in [2.45, 2.75) is 37.1 Å². The summed E-state index contributed by atoms with van der Waals surface area (Å²) in [7, 11) is 0. The van der Waals surface area contributed by atoms with Crippen LogP contribution < -0.4 is 5.73 Å². The van der Waals surface area contributed by atoms with Gasteiger partial charge in [-0.2, -0.15) is 18.4 Å². The zero-order chi connectivity index (χ0) is 31.5. The minimum absolute atomic E-state index is 0.0951. The molecule has 9 nitrogen and oxygen atoms in total. The lowest BCUT2D eigenvalue weighted by molar-refractivity contribution is -0.192. The Hall–Kier alpha value is -4.09. The predicted molar refractivity (Wildman–Crippen MR) is 142 cm³/mol. The summed E-state index contributed by atoms with van der Waals surface area (Å²) in [5.74, 6) is -3.28. The number of nitrogens with two attached hydrogens (primary N) is 1. The van der Waals surface area contributed by atoms with Crippen LogP contribution in [-0.4, -0.2) is 88.6 Å². The summed E-state index contributed by atoms with van der Waals surface area (Å²) in [6.45, 7) is 2.57. The van der Waals surface area contributed by atoms with Crippen LogP contribution in [0.5, 0.6) is 0 Å². The van der Waals surface area contributed by atoms with Crippen LogP contribution >= 0.6 is 0 Å². The van der Waals surface area contributed by atoms with Gasteiger partial charge in [0.1, 0.15) is 17.7 Å². The lowest BCUT2D eigenvalue weighted by Gasteiger charge is -2.40. The van der Waals surface area contributed by atoms with Gasteiger partial charge in [-0.15, -0.1) is 0 Å². The van der Waals surface area contributed by atoms with E-state index in [0.717, 1.165) is 17.5 Å². The second kappa shape index (κ2) is 13.0. The van der Waals surface area contributed by atoms with Gasteiger partial charge in [0, 0.05) is 32.7 Å². The molecule has 230 valence electrons. The summed E-state index contributed by atoms with van der Waals surface area (Å²) >= 11 is 0. The highest BCUT2D eigenvalue weighted by molar-refractivity contribution is 5.89. The SMILES string of the molecule is N#C[C@@H]1[C@@H]2C[C@@H]2CN1C(=O)[C@@H](N)CC(=O)N1CCN(C(c2ccc(F)cc2)c2ccc(F)cc2)CC1.O=C(O)C(F)(F)F. The molecule has 14 heteroatoms. The van der Waals surface area contributed by atoms with E-state index in [0.29, 0.717) is 38.6 Å². The summed E-state index contributed by atoms with van der Waals surface area (Å²) in [5.41, 5.74) is 7.88. The van der Waals surface area contributed by atoms with Crippen LogP contribution in [-0.2, 0) is 14.4 Å². The fourth-order valence-corrected chi connectivity index (χ4v) is 5.61. The van der Waals surface area contributed by atoms with Gasteiger partial charge in [0.25, 0.3) is 0 Å². The number of nitrogens with zero attached hydrogens (tertiary/aromatic N) is 4. The number of fused-ring (bicyclic) bond motifs is 1. The van der Waals surface area contributed by atoms with E-state index in [1.165, 1.54) is 24.3 Å². The molecule has 43 heavy (non-hydrogen) atoms. The fraction of sp³-hybridized carbons (Fsp3) is 0.448. The Labute approximate surface area is 244 Å². The number of hydrogen-bond acceptors (Lipinski definition) is 6. The minimum atomic E-state index is -5.08. The van der Waals surface area contributed by atoms with Gasteiger partial charge in [0.2, 0.25) is 11.8 Å². The van der Waals surface area contributed by atoms with Crippen LogP contribution in [0.2, 0.25) is 0 Å². The number of halogens is 5. The van der Waals surface area contributed by atoms with Crippen molar-refractivity contribution in [2.75, 3.05) is 32.7 Å². The van der Waals surface area contributed by atoms with Gasteiger partial charge in [-0.25, -0.2) is 13.6 Å². The van der Waals surface area contributed by atoms with Crippen LogP contribution in [0.4, 0.5) is 22.0 Å². The molecule has 3 fully saturated rings. The van der Waals surface area contributed by atoms with Crippen molar-refractivity contribution in [3.05, 3.63) is 71.3 Å². The minimum Gasteiger partial charge on any atom is -0.475 e. The van der Waals surface area contributed by atoms with Crippen molar-refractivity contribution in [3.8, 4) is 6.07 Å². The summed E-state index contributed by atoms with van der Waals surface area (Å²) < 4.78 is 58.8. The number of carboxylic acid groups (broad SMARTS) is 1. The van der Waals surface area contributed by atoms with Gasteiger partial charge < -0.3 is 20.6 Å². The topological polar surface area (TPSA) is 131 Å². The summed E-state index contributed by atoms with van der Waals surface area (Å²) in [5, 5.41) is 16.5. The fourth-order valence-electron chi connectivity index (χ4n) is 5.61. The molecule has 2 aromatic carbocycles. The molecule has 0 bridgehead atoms. The van der Waals surface area contributed by atoms with E-state index >= 15 is 0 Å². The monoisotopic (exact) mass is 607 g/mol. The molecule has 0 radical (unpaired) electrons. The highest BCUT2D eigenvalue weighted by atomic mass is 19.4. The second-order valence-electron chi connectivity index (χ2n) is 10.8. The first-order chi connectivity index (χ1) is 20.3. The van der Waals surface area contributed by atoms with E-state index in [4.69, 9.17) is 15.6 Å². The zero-order valence-electron chi connectivity index (χ0n) is 22.9. The maximum Gasteiger partial charge on any atom is 0.490 e. The highest BCUT2D eigenvalue weighted by Gasteiger charge is 2.54. The smallest absolute Gasteiger partial charge is 0.475 e. The lowest BCUT2D eigenvalue weighted by atomic mass is 9.96. The Bertz CT molecular complexity index is 1310. The van der Waals surface area contributed by atoms with E-state index in [1.807, 2.05) is 0 Å². The number of likely N-dealkylation sites (tertiary alicyclic amines) is 1. The average Bonchev–Trinajstić information content (AvgIpc) is 3.64. The van der Waals surface area contributed by atoms with Gasteiger partial charge in [-0.3, -0.25) is 14.5 Å². The second-order valence-corrected chi connectivity index (χ2v) is 10.8. The Morgan fingerprint density at radius 3 is 1.88 bits per heavy atom. The molecule has 1 saturated carbocycles. The molecule has 2 heterocycles. The lowest BCUT2D eigenvalue weighted by Crippen LogP contribution is -2.53. The summed E-state index contributed by atoms with van der Waals surface area (Å²) in [6.07, 6.45) is -4.19. The summed E-state index contributed by atoms with van der Waals surface area (Å²) in [4.78, 5) is 40.1. The average molecular weight is 608 g/mol. The number of nitriles is 1. The van der Waals surface area contributed by atoms with Gasteiger partial charge >= 0.3 is 12.1 Å². The maximum absolute atomic E-state index is 13.6. The van der Waals surface area contributed by atoms with Crippen molar-refractivity contribution < 1.29 is 41.4 Å². The summed E-state index contributed by atoms with van der Waals surface area (Å²) in [6, 6.07) is 13.1. The molecule has 2 aliphatic heterocycles. The van der Waals surface area contributed by atoms with Gasteiger partial charge in [-0.05, 0) is 53.6 Å². The van der Waals surface area contributed by atoms with Crippen LogP contribution in [0.1, 0.15) is 30.0 Å². The highest BCUT2D eigenvalue weighted by Crippen LogP contribution is 2.49. The molecule has 5 rings (SSSR count). The number of hydrogen-bond donors (Lipinski definition) is 2. The predicted octanol–water partition coefficient (Wildman–Crippen LogP) is 2.92. The van der Waals surface area contributed by atoms with Crippen LogP contribution in [0.15, 0.2) is 48.5 Å². The van der Waals surface area contributed by atoms with Crippen molar-refractivity contribution in [2.24, 2.45) is 17.6 Å². The molecule has 1 aliphatic carbocycles. The Morgan fingerprint density at radius 2 is 1.44 bits per heavy atom. The quantitative estimate of drug-likeness (QED) is 0.483. The molecule has 2 amide bonds. The van der Waals surface area contributed by atoms with Crippen LogP contribution in [0.3, 0.4) is 0 Å². The number of piperazine rings is 1. The molecule has 2 saturated heterocycles. The first-order valence-electron chi connectivity index (χ1n) is 13.6. The third-order valence-electron chi connectivity index (χ3n) is 7.92. The van der Waals surface area contributed by atoms with Crippen molar-refractivity contribution in [3.63, 3.8) is 0 Å². The number of carbonyl (C=O) groups excluding carboxylic acids is 2. The standard InChI is InChI=1S/C27H29F2N5O2.C2HF3O2/c28-20-5-1-17(2-6-20)26(18-3-7-21(29)8-4-18)33-11-9-32(10-12-33)25(35)14-23(31)27(36)34-16-19-13-22(19)24(34)15-30;3-2(4,5)1(6)7/h1-8,19,22-24,26H,9-14,16,31H2;(H,6,7)/t19-,22-,23+,24-;/m1./s1. The van der Waals surface area contributed by atoms with E-state index in [9.17, 15) is 36.8 Å². The molecule has 0 unspecified atom stereocenters. The van der Waals surface area contributed by atoms with E-state index in [1.54, 1.807) is 34.1 Å². The normalized spacial score (nSPS) is 22.2. The first kappa shape index (κ1) is 31.8. The molecular formula is C29H30F5N5O4. The number of alkyl halides is 3. The third kappa shape index (κ3) is 7.66. The molecule has 2 aromatic rings. The van der Waals surface area contributed by atoms with Crippen LogP contribution in [0.25, 0.3) is 0 Å². The number of amides is 2. The van der Waals surface area contributed by atoms with Gasteiger partial charge in [0.05, 0.1) is 24.6 Å². The van der Waals surface area contributed by atoms with Crippen molar-refractivity contribution in [1.29, 1.82) is 5.26 Å². The number of carbonyl (C=O) groups is 3. The van der Waals surface area contributed by atoms with Gasteiger partial charge in [-0.1, -0.05) is 24.3 Å². The number of benzene rings is 2. The largest absolute Gasteiger partial charge is 0.490 e.